The summed E-state index contributed by atoms with van der Waals surface area (Å²) in [5.41, 5.74) is 0. The van der Waals surface area contributed by atoms with E-state index in [-0.39, 0.29) is 18.9 Å². The molecule has 0 radical (unpaired) electrons. The molecule has 106 valence electrons. The van der Waals surface area contributed by atoms with Gasteiger partial charge in [-0.15, -0.1) is 6.58 Å². The van der Waals surface area contributed by atoms with Crippen molar-refractivity contribution >= 4 is 15.9 Å². The standard InChI is InChI=1S/C12H24N2O3S/c1-4-6-7-10-14(18(3,16)17)11-8-12(15)13-9-5-2/h5H,2,4,6-11H2,1,3H3,(H,13,15). The van der Waals surface area contributed by atoms with Crippen molar-refractivity contribution in [2.45, 2.75) is 32.6 Å². The summed E-state index contributed by atoms with van der Waals surface area (Å²) in [6, 6.07) is 0. The van der Waals surface area contributed by atoms with E-state index in [0.717, 1.165) is 19.3 Å². The van der Waals surface area contributed by atoms with Gasteiger partial charge in [0.2, 0.25) is 15.9 Å². The Kier molecular flexibility index (Phi) is 8.66. The summed E-state index contributed by atoms with van der Waals surface area (Å²) in [7, 11) is -3.23. The third kappa shape index (κ3) is 8.25. The van der Waals surface area contributed by atoms with Crippen molar-refractivity contribution in [3.05, 3.63) is 12.7 Å². The van der Waals surface area contributed by atoms with Crippen LogP contribution in [0, 0.1) is 0 Å². The molecule has 0 aromatic rings. The Morgan fingerprint density at radius 1 is 1.33 bits per heavy atom. The molecular weight excluding hydrogens is 252 g/mol. The van der Waals surface area contributed by atoms with E-state index in [4.69, 9.17) is 0 Å². The Morgan fingerprint density at radius 2 is 2.00 bits per heavy atom. The molecule has 0 saturated heterocycles. The molecule has 1 N–H and O–H groups in total. The van der Waals surface area contributed by atoms with Crippen molar-refractivity contribution in [2.75, 3.05) is 25.9 Å². The van der Waals surface area contributed by atoms with E-state index in [1.165, 1.54) is 10.6 Å². The SMILES string of the molecule is C=CCNC(=O)CCN(CCCCC)S(C)(=O)=O. The zero-order chi connectivity index (χ0) is 14.0. The van der Waals surface area contributed by atoms with Gasteiger partial charge in [-0.3, -0.25) is 4.79 Å². The maximum absolute atomic E-state index is 11.5. The summed E-state index contributed by atoms with van der Waals surface area (Å²) in [5.74, 6) is -0.154. The van der Waals surface area contributed by atoms with Crippen LogP contribution in [-0.4, -0.2) is 44.5 Å². The number of hydrogen-bond donors (Lipinski definition) is 1. The highest BCUT2D eigenvalue weighted by Crippen LogP contribution is 2.04. The number of amides is 1. The molecule has 0 bridgehead atoms. The predicted molar refractivity (Wildman–Crippen MR) is 73.8 cm³/mol. The zero-order valence-electron chi connectivity index (χ0n) is 11.3. The monoisotopic (exact) mass is 276 g/mol. The van der Waals surface area contributed by atoms with Crippen LogP contribution >= 0.6 is 0 Å². The molecule has 0 atom stereocenters. The molecule has 0 aliphatic heterocycles. The summed E-state index contributed by atoms with van der Waals surface area (Å²) in [6.07, 6.45) is 5.82. The Morgan fingerprint density at radius 3 is 2.50 bits per heavy atom. The molecule has 1 amide bonds. The smallest absolute Gasteiger partial charge is 0.221 e. The first-order valence-corrected chi connectivity index (χ1v) is 8.09. The van der Waals surface area contributed by atoms with E-state index in [9.17, 15) is 13.2 Å². The number of carbonyl (C=O) groups excluding carboxylic acids is 1. The van der Waals surface area contributed by atoms with Gasteiger partial charge in [0.05, 0.1) is 6.26 Å². The van der Waals surface area contributed by atoms with E-state index in [2.05, 4.69) is 18.8 Å². The van der Waals surface area contributed by atoms with Gasteiger partial charge < -0.3 is 5.32 Å². The van der Waals surface area contributed by atoms with E-state index in [0.29, 0.717) is 13.1 Å². The summed E-state index contributed by atoms with van der Waals surface area (Å²) in [5, 5.41) is 2.63. The first kappa shape index (κ1) is 17.1. The minimum Gasteiger partial charge on any atom is -0.353 e. The Hall–Kier alpha value is -0.880. The zero-order valence-corrected chi connectivity index (χ0v) is 12.1. The fourth-order valence-corrected chi connectivity index (χ4v) is 2.37. The number of nitrogens with one attached hydrogen (secondary N) is 1. The van der Waals surface area contributed by atoms with Gasteiger partial charge in [0.25, 0.3) is 0 Å². The van der Waals surface area contributed by atoms with E-state index in [1.807, 2.05) is 0 Å². The van der Waals surface area contributed by atoms with Gasteiger partial charge in [-0.25, -0.2) is 12.7 Å². The first-order valence-electron chi connectivity index (χ1n) is 6.24. The van der Waals surface area contributed by atoms with E-state index >= 15 is 0 Å². The molecular formula is C12H24N2O3S. The van der Waals surface area contributed by atoms with Gasteiger partial charge in [-0.1, -0.05) is 25.8 Å². The van der Waals surface area contributed by atoms with Crippen LogP contribution in [0.2, 0.25) is 0 Å². The molecule has 0 spiro atoms. The maximum atomic E-state index is 11.5. The summed E-state index contributed by atoms with van der Waals surface area (Å²) in [4.78, 5) is 11.4. The average Bonchev–Trinajstić information content (AvgIpc) is 2.29. The van der Waals surface area contributed by atoms with E-state index < -0.39 is 10.0 Å². The van der Waals surface area contributed by atoms with Crippen molar-refractivity contribution in [1.29, 1.82) is 0 Å². The van der Waals surface area contributed by atoms with Crippen LogP contribution in [0.5, 0.6) is 0 Å². The summed E-state index contributed by atoms with van der Waals surface area (Å²) >= 11 is 0. The van der Waals surface area contributed by atoms with Crippen molar-refractivity contribution in [1.82, 2.24) is 9.62 Å². The molecule has 18 heavy (non-hydrogen) atoms. The van der Waals surface area contributed by atoms with Gasteiger partial charge in [-0.05, 0) is 6.42 Å². The third-order valence-corrected chi connectivity index (χ3v) is 3.82. The average molecular weight is 276 g/mol. The number of rotatable bonds is 10. The molecule has 0 aliphatic rings. The number of hydrogen-bond acceptors (Lipinski definition) is 3. The lowest BCUT2D eigenvalue weighted by Gasteiger charge is -2.19. The number of carbonyl (C=O) groups is 1. The Balaban J connectivity index is 4.17. The molecule has 0 saturated carbocycles. The Bertz CT molecular complexity index is 352. The number of nitrogens with zero attached hydrogens (tertiary/aromatic N) is 1. The molecule has 6 heteroatoms. The summed E-state index contributed by atoms with van der Waals surface area (Å²) in [6.45, 7) is 6.70. The number of sulfonamides is 1. The minimum absolute atomic E-state index is 0.154. The van der Waals surface area contributed by atoms with Crippen LogP contribution in [-0.2, 0) is 14.8 Å². The highest BCUT2D eigenvalue weighted by molar-refractivity contribution is 7.88. The molecule has 0 unspecified atom stereocenters. The van der Waals surface area contributed by atoms with Crippen molar-refractivity contribution in [2.24, 2.45) is 0 Å². The van der Waals surface area contributed by atoms with Crippen molar-refractivity contribution in [3.8, 4) is 0 Å². The molecule has 0 fully saturated rings. The second-order valence-electron chi connectivity index (χ2n) is 4.21. The first-order chi connectivity index (χ1) is 8.41. The van der Waals surface area contributed by atoms with Gasteiger partial charge in [0.1, 0.15) is 0 Å². The molecule has 0 aliphatic carbocycles. The quantitative estimate of drug-likeness (QED) is 0.480. The third-order valence-electron chi connectivity index (χ3n) is 2.51. The summed E-state index contributed by atoms with van der Waals surface area (Å²) < 4.78 is 24.4. The largest absolute Gasteiger partial charge is 0.353 e. The van der Waals surface area contributed by atoms with Crippen LogP contribution in [0.25, 0.3) is 0 Å². The minimum atomic E-state index is -3.23. The predicted octanol–water partition coefficient (Wildman–Crippen LogP) is 1.13. The Labute approximate surface area is 110 Å². The van der Waals surface area contributed by atoms with Crippen molar-refractivity contribution < 1.29 is 13.2 Å². The highest BCUT2D eigenvalue weighted by Gasteiger charge is 2.16. The lowest BCUT2D eigenvalue weighted by molar-refractivity contribution is -0.121. The maximum Gasteiger partial charge on any atom is 0.221 e. The van der Waals surface area contributed by atoms with Crippen LogP contribution in [0.1, 0.15) is 32.6 Å². The molecule has 5 nitrogen and oxygen atoms in total. The normalized spacial score (nSPS) is 11.5. The topological polar surface area (TPSA) is 66.5 Å². The van der Waals surface area contributed by atoms with Crippen molar-refractivity contribution in [3.63, 3.8) is 0 Å². The number of unbranched alkanes of at least 4 members (excludes halogenated alkanes) is 2. The van der Waals surface area contributed by atoms with Crippen LogP contribution in [0.4, 0.5) is 0 Å². The van der Waals surface area contributed by atoms with Crippen LogP contribution in [0.15, 0.2) is 12.7 Å². The van der Waals surface area contributed by atoms with Gasteiger partial charge in [0.15, 0.2) is 0 Å². The fourth-order valence-electron chi connectivity index (χ4n) is 1.48. The second-order valence-corrected chi connectivity index (χ2v) is 6.19. The lowest BCUT2D eigenvalue weighted by atomic mass is 10.2. The van der Waals surface area contributed by atoms with Gasteiger partial charge in [0, 0.05) is 26.1 Å². The molecule has 0 aromatic heterocycles. The van der Waals surface area contributed by atoms with Crippen LogP contribution < -0.4 is 5.32 Å². The van der Waals surface area contributed by atoms with Crippen LogP contribution in [0.3, 0.4) is 0 Å². The van der Waals surface area contributed by atoms with Gasteiger partial charge >= 0.3 is 0 Å². The van der Waals surface area contributed by atoms with Gasteiger partial charge in [-0.2, -0.15) is 0 Å². The second kappa shape index (κ2) is 9.10. The molecule has 0 rings (SSSR count). The highest BCUT2D eigenvalue weighted by atomic mass is 32.2. The fraction of sp³-hybridized carbons (Fsp3) is 0.750. The lowest BCUT2D eigenvalue weighted by Crippen LogP contribution is -2.35. The molecule has 0 aromatic carbocycles. The molecule has 0 heterocycles. The van der Waals surface area contributed by atoms with E-state index in [1.54, 1.807) is 6.08 Å².